The zero-order valence-corrected chi connectivity index (χ0v) is 16.7. The van der Waals surface area contributed by atoms with Crippen LogP contribution in [0, 0.1) is 13.8 Å². The van der Waals surface area contributed by atoms with Gasteiger partial charge in [0.1, 0.15) is 6.04 Å². The van der Waals surface area contributed by atoms with E-state index in [1.54, 1.807) is 0 Å². The fourth-order valence-corrected chi connectivity index (χ4v) is 3.62. The fourth-order valence-electron chi connectivity index (χ4n) is 3.36. The van der Waals surface area contributed by atoms with Crippen LogP contribution in [-0.4, -0.2) is 51.7 Å². The predicted molar refractivity (Wildman–Crippen MR) is 102 cm³/mol. The van der Waals surface area contributed by atoms with E-state index in [0.29, 0.717) is 0 Å². The van der Waals surface area contributed by atoms with E-state index in [2.05, 4.69) is 50.2 Å². The molecule has 1 atom stereocenters. The molecule has 1 aromatic carbocycles. The first kappa shape index (κ1) is 18.1. The van der Waals surface area contributed by atoms with Crippen molar-refractivity contribution in [2.24, 2.45) is 0 Å². The number of hydrogen-bond donors (Lipinski definition) is 0. The molecule has 25 heavy (non-hydrogen) atoms. The van der Waals surface area contributed by atoms with Crippen molar-refractivity contribution in [1.82, 2.24) is 19.6 Å². The van der Waals surface area contributed by atoms with Crippen molar-refractivity contribution in [1.29, 1.82) is 0 Å². The predicted octanol–water partition coefficient (Wildman–Crippen LogP) is 3.17. The summed E-state index contributed by atoms with van der Waals surface area (Å²) in [5, 5.41) is 4.51. The first-order valence-corrected chi connectivity index (χ1v) is 9.53. The van der Waals surface area contributed by atoms with Crippen molar-refractivity contribution in [2.75, 3.05) is 26.2 Å². The van der Waals surface area contributed by atoms with Crippen LogP contribution in [0.5, 0.6) is 0 Å². The number of hydrogen-bond acceptors (Lipinski definition) is 3. The number of benzene rings is 1. The van der Waals surface area contributed by atoms with Gasteiger partial charge in [-0.15, -0.1) is 0 Å². The lowest BCUT2D eigenvalue weighted by Crippen LogP contribution is -2.50. The van der Waals surface area contributed by atoms with Gasteiger partial charge in [-0.25, -0.2) is 0 Å². The lowest BCUT2D eigenvalue weighted by molar-refractivity contribution is -0.136. The Labute approximate surface area is 157 Å². The second-order valence-electron chi connectivity index (χ2n) is 6.69. The molecular formula is C19H25BrN4O. The average molecular weight is 405 g/mol. The number of aryl methyl sites for hydroxylation is 1. The lowest BCUT2D eigenvalue weighted by atomic mass is 10.2. The van der Waals surface area contributed by atoms with Gasteiger partial charge in [-0.05, 0) is 42.3 Å². The molecule has 0 spiro atoms. The van der Waals surface area contributed by atoms with Crippen LogP contribution in [0.1, 0.15) is 29.9 Å². The molecule has 0 bridgehead atoms. The first-order chi connectivity index (χ1) is 12.0. The Kier molecular flexibility index (Phi) is 5.59. The highest BCUT2D eigenvalue weighted by atomic mass is 79.9. The number of rotatable bonds is 4. The molecule has 1 aliphatic rings. The fraction of sp³-hybridized carbons (Fsp3) is 0.474. The molecular weight excluding hydrogens is 380 g/mol. The maximum atomic E-state index is 12.9. The quantitative estimate of drug-likeness (QED) is 0.785. The lowest BCUT2D eigenvalue weighted by Gasteiger charge is -2.36. The summed E-state index contributed by atoms with van der Waals surface area (Å²) >= 11 is 3.54. The molecule has 134 valence electrons. The van der Waals surface area contributed by atoms with Gasteiger partial charge in [0, 0.05) is 32.7 Å². The van der Waals surface area contributed by atoms with Crippen LogP contribution < -0.4 is 0 Å². The van der Waals surface area contributed by atoms with Gasteiger partial charge in [-0.2, -0.15) is 5.10 Å². The topological polar surface area (TPSA) is 41.4 Å². The van der Waals surface area contributed by atoms with E-state index in [9.17, 15) is 4.79 Å². The molecule has 0 aliphatic carbocycles. The third-order valence-corrected chi connectivity index (χ3v) is 6.04. The maximum absolute atomic E-state index is 12.9. The van der Waals surface area contributed by atoms with E-state index in [-0.39, 0.29) is 11.9 Å². The van der Waals surface area contributed by atoms with Crippen molar-refractivity contribution in [3.8, 4) is 0 Å². The van der Waals surface area contributed by atoms with Crippen LogP contribution in [0.4, 0.5) is 0 Å². The summed E-state index contributed by atoms with van der Waals surface area (Å²) in [6, 6.07) is 10.2. The molecule has 1 unspecified atom stereocenters. The van der Waals surface area contributed by atoms with Crippen molar-refractivity contribution in [3.63, 3.8) is 0 Å². The summed E-state index contributed by atoms with van der Waals surface area (Å²) in [4.78, 5) is 17.2. The Morgan fingerprint density at radius 1 is 1.16 bits per heavy atom. The Bertz CT molecular complexity index is 735. The smallest absolute Gasteiger partial charge is 0.247 e. The second-order valence-corrected chi connectivity index (χ2v) is 7.49. The zero-order valence-electron chi connectivity index (χ0n) is 15.1. The molecule has 5 nitrogen and oxygen atoms in total. The monoisotopic (exact) mass is 404 g/mol. The molecule has 0 radical (unpaired) electrons. The summed E-state index contributed by atoms with van der Waals surface area (Å²) in [5.41, 5.74) is 3.24. The van der Waals surface area contributed by atoms with Crippen LogP contribution in [-0.2, 0) is 11.3 Å². The van der Waals surface area contributed by atoms with E-state index in [0.717, 1.165) is 48.6 Å². The molecule has 0 N–H and O–H groups in total. The Morgan fingerprint density at radius 2 is 1.80 bits per heavy atom. The minimum Gasteiger partial charge on any atom is -0.338 e. The number of carbonyl (C=O) groups is 1. The van der Waals surface area contributed by atoms with Crippen molar-refractivity contribution in [2.45, 2.75) is 33.4 Å². The highest BCUT2D eigenvalue weighted by Gasteiger charge is 2.27. The molecule has 2 heterocycles. The van der Waals surface area contributed by atoms with Gasteiger partial charge in [-0.1, -0.05) is 30.3 Å². The van der Waals surface area contributed by atoms with Crippen molar-refractivity contribution < 1.29 is 4.79 Å². The molecule has 1 aromatic heterocycles. The summed E-state index contributed by atoms with van der Waals surface area (Å²) in [6.45, 7) is 10.2. The van der Waals surface area contributed by atoms with Crippen LogP contribution >= 0.6 is 15.9 Å². The normalized spacial score (nSPS) is 16.9. The largest absolute Gasteiger partial charge is 0.338 e. The van der Waals surface area contributed by atoms with Gasteiger partial charge < -0.3 is 4.90 Å². The van der Waals surface area contributed by atoms with Crippen molar-refractivity contribution >= 4 is 21.8 Å². The van der Waals surface area contributed by atoms with Crippen LogP contribution in [0.15, 0.2) is 34.8 Å². The number of carbonyl (C=O) groups excluding carboxylic acids is 1. The first-order valence-electron chi connectivity index (χ1n) is 8.73. The molecule has 1 fully saturated rings. The number of aromatic nitrogens is 2. The molecule has 1 amide bonds. The Hall–Kier alpha value is -1.66. The van der Waals surface area contributed by atoms with Gasteiger partial charge in [0.25, 0.3) is 0 Å². The van der Waals surface area contributed by atoms with E-state index < -0.39 is 0 Å². The summed E-state index contributed by atoms with van der Waals surface area (Å²) in [5.74, 6) is 0.150. The molecule has 1 saturated heterocycles. The van der Waals surface area contributed by atoms with Crippen LogP contribution in [0.2, 0.25) is 0 Å². The SMILES string of the molecule is Cc1nn(C(C)C(=O)N2CCN(Cc3ccccc3)CC2)c(C)c1Br. The minimum absolute atomic E-state index is 0.150. The Morgan fingerprint density at radius 3 is 2.36 bits per heavy atom. The van der Waals surface area contributed by atoms with E-state index in [4.69, 9.17) is 0 Å². The maximum Gasteiger partial charge on any atom is 0.247 e. The molecule has 6 heteroatoms. The van der Waals surface area contributed by atoms with Gasteiger partial charge in [0.05, 0.1) is 15.9 Å². The molecule has 0 saturated carbocycles. The molecule has 1 aliphatic heterocycles. The van der Waals surface area contributed by atoms with Gasteiger partial charge in [0.15, 0.2) is 0 Å². The van der Waals surface area contributed by atoms with E-state index in [1.165, 1.54) is 5.56 Å². The highest BCUT2D eigenvalue weighted by molar-refractivity contribution is 9.10. The van der Waals surface area contributed by atoms with E-state index >= 15 is 0 Å². The van der Waals surface area contributed by atoms with Crippen LogP contribution in [0.25, 0.3) is 0 Å². The third-order valence-electron chi connectivity index (χ3n) is 4.89. The number of piperazine rings is 1. The number of amides is 1. The molecule has 2 aromatic rings. The third kappa shape index (κ3) is 3.96. The minimum atomic E-state index is -0.273. The Balaban J connectivity index is 1.58. The van der Waals surface area contributed by atoms with Crippen LogP contribution in [0.3, 0.4) is 0 Å². The highest BCUT2D eigenvalue weighted by Crippen LogP contribution is 2.24. The van der Waals surface area contributed by atoms with E-state index in [1.807, 2.05) is 36.4 Å². The zero-order chi connectivity index (χ0) is 18.0. The number of halogens is 1. The van der Waals surface area contributed by atoms with Gasteiger partial charge in [0.2, 0.25) is 5.91 Å². The van der Waals surface area contributed by atoms with Crippen molar-refractivity contribution in [3.05, 3.63) is 51.8 Å². The summed E-state index contributed by atoms with van der Waals surface area (Å²) in [7, 11) is 0. The number of nitrogens with zero attached hydrogens (tertiary/aromatic N) is 4. The summed E-state index contributed by atoms with van der Waals surface area (Å²) in [6.07, 6.45) is 0. The standard InChI is InChI=1S/C19H25BrN4O/c1-14-18(20)15(2)24(21-14)16(3)19(25)23-11-9-22(10-12-23)13-17-7-5-4-6-8-17/h4-8,16H,9-13H2,1-3H3. The van der Waals surface area contributed by atoms with Gasteiger partial charge >= 0.3 is 0 Å². The second kappa shape index (κ2) is 7.70. The van der Waals surface area contributed by atoms with Gasteiger partial charge in [-0.3, -0.25) is 14.4 Å². The summed E-state index contributed by atoms with van der Waals surface area (Å²) < 4.78 is 2.82. The molecule has 3 rings (SSSR count). The average Bonchev–Trinajstić information content (AvgIpc) is 2.89.